The van der Waals surface area contributed by atoms with E-state index < -0.39 is 5.54 Å². The molecule has 0 unspecified atom stereocenters. The lowest BCUT2D eigenvalue weighted by atomic mass is 9.81. The molecule has 0 aliphatic heterocycles. The molecule has 0 radical (unpaired) electrons. The third-order valence-electron chi connectivity index (χ3n) is 4.20. The second-order valence-corrected chi connectivity index (χ2v) is 6.40. The number of benzene rings is 1. The van der Waals surface area contributed by atoms with Crippen LogP contribution in [0.2, 0.25) is 5.02 Å². The van der Waals surface area contributed by atoms with Gasteiger partial charge in [-0.3, -0.25) is 4.79 Å². The van der Waals surface area contributed by atoms with Crippen LogP contribution in [0.5, 0.6) is 0 Å². The molecule has 0 heterocycles. The fourth-order valence-corrected chi connectivity index (χ4v) is 3.17. The van der Waals surface area contributed by atoms with Crippen LogP contribution in [0.1, 0.15) is 44.6 Å². The van der Waals surface area contributed by atoms with Crippen LogP contribution in [0.3, 0.4) is 0 Å². The van der Waals surface area contributed by atoms with E-state index in [4.69, 9.17) is 21.1 Å². The van der Waals surface area contributed by atoms with Gasteiger partial charge in [-0.25, -0.2) is 4.79 Å². The van der Waals surface area contributed by atoms with Gasteiger partial charge in [-0.05, 0) is 31.4 Å². The van der Waals surface area contributed by atoms with Crippen LogP contribution in [0, 0.1) is 0 Å². The maximum absolute atomic E-state index is 12.3. The molecular formula is C18H24ClNO4. The Morgan fingerprint density at radius 2 is 1.92 bits per heavy atom. The molecule has 1 saturated carbocycles. The van der Waals surface area contributed by atoms with Gasteiger partial charge in [0.15, 0.2) is 0 Å². The Morgan fingerprint density at radius 3 is 2.58 bits per heavy atom. The predicted octanol–water partition coefficient (Wildman–Crippen LogP) is 3.24. The number of carbonyl (C=O) groups excluding carboxylic acids is 2. The smallest absolute Gasteiger partial charge is 0.331 e. The molecule has 132 valence electrons. The molecule has 6 heteroatoms. The number of carbonyl (C=O) groups is 2. The van der Waals surface area contributed by atoms with Crippen molar-refractivity contribution in [2.75, 3.05) is 13.2 Å². The number of ether oxygens (including phenoxy) is 2. The normalized spacial score (nSPS) is 16.4. The average Bonchev–Trinajstić information content (AvgIpc) is 2.57. The topological polar surface area (TPSA) is 64.6 Å². The van der Waals surface area contributed by atoms with E-state index in [0.29, 0.717) is 24.5 Å². The van der Waals surface area contributed by atoms with Gasteiger partial charge < -0.3 is 14.8 Å². The molecule has 0 bridgehead atoms. The zero-order valence-electron chi connectivity index (χ0n) is 14.0. The Morgan fingerprint density at radius 1 is 1.21 bits per heavy atom. The molecule has 1 aromatic carbocycles. The third-order valence-corrected chi connectivity index (χ3v) is 4.57. The fourth-order valence-electron chi connectivity index (χ4n) is 2.98. The second kappa shape index (κ2) is 9.04. The molecule has 1 aliphatic rings. The lowest BCUT2D eigenvalue weighted by molar-refractivity contribution is -0.155. The van der Waals surface area contributed by atoms with E-state index in [1.807, 2.05) is 18.2 Å². The molecule has 2 rings (SSSR count). The van der Waals surface area contributed by atoms with Gasteiger partial charge in [-0.2, -0.15) is 0 Å². The molecule has 0 saturated heterocycles. The summed E-state index contributed by atoms with van der Waals surface area (Å²) >= 11 is 6.05. The van der Waals surface area contributed by atoms with Crippen molar-refractivity contribution in [3.05, 3.63) is 34.9 Å². The highest BCUT2D eigenvalue weighted by Crippen LogP contribution is 2.29. The summed E-state index contributed by atoms with van der Waals surface area (Å²) in [5.74, 6) is -0.652. The molecule has 24 heavy (non-hydrogen) atoms. The van der Waals surface area contributed by atoms with Crippen molar-refractivity contribution in [1.29, 1.82) is 0 Å². The van der Waals surface area contributed by atoms with Crippen molar-refractivity contribution < 1.29 is 19.1 Å². The Bertz CT molecular complexity index is 570. The molecule has 0 aromatic heterocycles. The summed E-state index contributed by atoms with van der Waals surface area (Å²) in [6.45, 7) is 2.20. The van der Waals surface area contributed by atoms with Crippen LogP contribution in [-0.4, -0.2) is 30.6 Å². The SMILES string of the molecule is CCOC(=O)C1(NC(=O)COCc2ccccc2Cl)CCCCC1. The highest BCUT2D eigenvalue weighted by atomic mass is 35.5. The zero-order valence-corrected chi connectivity index (χ0v) is 14.7. The maximum Gasteiger partial charge on any atom is 0.331 e. The van der Waals surface area contributed by atoms with Crippen LogP contribution in [-0.2, 0) is 25.7 Å². The molecule has 5 nitrogen and oxygen atoms in total. The van der Waals surface area contributed by atoms with Crippen molar-refractivity contribution in [3.63, 3.8) is 0 Å². The Labute approximate surface area is 147 Å². The summed E-state index contributed by atoms with van der Waals surface area (Å²) in [6, 6.07) is 7.33. The molecule has 1 amide bonds. The van der Waals surface area contributed by atoms with Gasteiger partial charge in [0.1, 0.15) is 12.1 Å². The van der Waals surface area contributed by atoms with Crippen LogP contribution in [0.25, 0.3) is 0 Å². The molecule has 1 fully saturated rings. The molecule has 1 aliphatic carbocycles. The van der Waals surface area contributed by atoms with Gasteiger partial charge in [0.25, 0.3) is 0 Å². The fraction of sp³-hybridized carbons (Fsp3) is 0.556. The Balaban J connectivity index is 1.88. The minimum absolute atomic E-state index is 0.119. The van der Waals surface area contributed by atoms with Gasteiger partial charge in [0.2, 0.25) is 5.91 Å². The minimum Gasteiger partial charge on any atom is -0.464 e. The number of amides is 1. The average molecular weight is 354 g/mol. The van der Waals surface area contributed by atoms with Gasteiger partial charge in [-0.15, -0.1) is 0 Å². The minimum atomic E-state index is -0.904. The van der Waals surface area contributed by atoms with Crippen molar-refractivity contribution in [2.24, 2.45) is 0 Å². The first-order valence-electron chi connectivity index (χ1n) is 8.37. The number of hydrogen-bond acceptors (Lipinski definition) is 4. The number of hydrogen-bond donors (Lipinski definition) is 1. The van der Waals surface area contributed by atoms with Crippen LogP contribution in [0.4, 0.5) is 0 Å². The Hall–Kier alpha value is -1.59. The second-order valence-electron chi connectivity index (χ2n) is 6.00. The zero-order chi connectivity index (χ0) is 17.4. The molecule has 0 atom stereocenters. The number of nitrogens with one attached hydrogen (secondary N) is 1. The number of halogens is 1. The summed E-state index contributed by atoms with van der Waals surface area (Å²) in [4.78, 5) is 24.5. The van der Waals surface area contributed by atoms with Crippen molar-refractivity contribution >= 4 is 23.5 Å². The number of rotatable bonds is 7. The third kappa shape index (κ3) is 4.95. The molecule has 1 aromatic rings. The first-order valence-corrected chi connectivity index (χ1v) is 8.74. The molecule has 0 spiro atoms. The molecule has 1 N–H and O–H groups in total. The lowest BCUT2D eigenvalue weighted by Crippen LogP contribution is -2.57. The summed E-state index contributed by atoms with van der Waals surface area (Å²) in [5, 5.41) is 3.45. The monoisotopic (exact) mass is 353 g/mol. The lowest BCUT2D eigenvalue weighted by Gasteiger charge is -2.35. The first-order chi connectivity index (χ1) is 11.6. The summed E-state index contributed by atoms with van der Waals surface area (Å²) < 4.78 is 10.6. The Kier molecular flexibility index (Phi) is 7.06. The van der Waals surface area contributed by atoms with Crippen LogP contribution in [0.15, 0.2) is 24.3 Å². The number of esters is 1. The van der Waals surface area contributed by atoms with E-state index >= 15 is 0 Å². The summed E-state index contributed by atoms with van der Waals surface area (Å²) in [5.41, 5.74) is -0.0798. The van der Waals surface area contributed by atoms with Crippen LogP contribution < -0.4 is 5.32 Å². The highest BCUT2D eigenvalue weighted by molar-refractivity contribution is 6.31. The predicted molar refractivity (Wildman–Crippen MR) is 91.7 cm³/mol. The van der Waals surface area contributed by atoms with E-state index in [0.717, 1.165) is 24.8 Å². The summed E-state index contributed by atoms with van der Waals surface area (Å²) in [7, 11) is 0. The van der Waals surface area contributed by atoms with Crippen molar-refractivity contribution in [1.82, 2.24) is 5.32 Å². The van der Waals surface area contributed by atoms with Gasteiger partial charge in [0.05, 0.1) is 13.2 Å². The highest BCUT2D eigenvalue weighted by Gasteiger charge is 2.42. The summed E-state index contributed by atoms with van der Waals surface area (Å²) in [6.07, 6.45) is 4.10. The van der Waals surface area contributed by atoms with Crippen LogP contribution >= 0.6 is 11.6 Å². The van der Waals surface area contributed by atoms with E-state index in [-0.39, 0.29) is 25.1 Å². The van der Waals surface area contributed by atoms with Crippen molar-refractivity contribution in [2.45, 2.75) is 51.2 Å². The standard InChI is InChI=1S/C18H24ClNO4/c1-2-24-17(22)18(10-6-3-7-11-18)20-16(21)13-23-12-14-8-4-5-9-15(14)19/h4-5,8-9H,2-3,6-7,10-13H2,1H3,(H,20,21). The van der Waals surface area contributed by atoms with Gasteiger partial charge in [0, 0.05) is 5.02 Å². The van der Waals surface area contributed by atoms with Gasteiger partial charge in [-0.1, -0.05) is 49.1 Å². The van der Waals surface area contributed by atoms with E-state index in [2.05, 4.69) is 5.32 Å². The molecular weight excluding hydrogens is 330 g/mol. The quantitative estimate of drug-likeness (QED) is 0.764. The first kappa shape index (κ1) is 18.7. The van der Waals surface area contributed by atoms with E-state index in [9.17, 15) is 9.59 Å². The van der Waals surface area contributed by atoms with Crippen molar-refractivity contribution in [3.8, 4) is 0 Å². The van der Waals surface area contributed by atoms with E-state index in [1.165, 1.54) is 0 Å². The van der Waals surface area contributed by atoms with Gasteiger partial charge >= 0.3 is 5.97 Å². The maximum atomic E-state index is 12.3. The van der Waals surface area contributed by atoms with E-state index in [1.54, 1.807) is 13.0 Å². The largest absolute Gasteiger partial charge is 0.464 e.